The summed E-state index contributed by atoms with van der Waals surface area (Å²) in [7, 11) is 1.66. The monoisotopic (exact) mass is 299 g/mol. The van der Waals surface area contributed by atoms with Gasteiger partial charge in [-0.3, -0.25) is 9.79 Å². The zero-order valence-electron chi connectivity index (χ0n) is 13.0. The van der Waals surface area contributed by atoms with Gasteiger partial charge in [0.15, 0.2) is 5.78 Å². The first-order chi connectivity index (χ1) is 10.7. The van der Waals surface area contributed by atoms with Gasteiger partial charge in [0.1, 0.15) is 11.8 Å². The van der Waals surface area contributed by atoms with Crippen LogP contribution in [-0.4, -0.2) is 31.2 Å². The van der Waals surface area contributed by atoms with Gasteiger partial charge in [0.25, 0.3) is 0 Å². The van der Waals surface area contributed by atoms with E-state index in [-0.39, 0.29) is 11.8 Å². The van der Waals surface area contributed by atoms with Gasteiger partial charge in [-0.1, -0.05) is 0 Å². The molecule has 0 bridgehead atoms. The Labute approximate surface area is 130 Å². The molecule has 1 aromatic carbocycles. The normalized spacial score (nSPS) is 20.6. The summed E-state index contributed by atoms with van der Waals surface area (Å²) in [5.41, 5.74) is 4.27. The van der Waals surface area contributed by atoms with Gasteiger partial charge in [-0.2, -0.15) is 0 Å². The van der Waals surface area contributed by atoms with Crippen molar-refractivity contribution in [3.8, 4) is 5.75 Å². The van der Waals surface area contributed by atoms with Crippen molar-refractivity contribution in [2.24, 2.45) is 4.99 Å². The number of aliphatic imine (C=N–C) groups is 1. The molecule has 0 saturated heterocycles. The van der Waals surface area contributed by atoms with Crippen LogP contribution in [0.3, 0.4) is 0 Å². The van der Waals surface area contributed by atoms with E-state index in [4.69, 9.17) is 4.74 Å². The molecule has 2 aliphatic rings. The molecule has 0 radical (unpaired) electrons. The highest BCUT2D eigenvalue weighted by Crippen LogP contribution is 2.26. The highest BCUT2D eigenvalue weighted by Gasteiger charge is 2.26. The Morgan fingerprint density at radius 3 is 2.77 bits per heavy atom. The first kappa shape index (κ1) is 14.6. The summed E-state index contributed by atoms with van der Waals surface area (Å²) < 4.78 is 5.18. The molecule has 0 saturated carbocycles. The number of anilines is 1. The lowest BCUT2D eigenvalue weighted by Crippen LogP contribution is -2.41. The molecule has 3 rings (SSSR count). The van der Waals surface area contributed by atoms with Crippen LogP contribution in [0.4, 0.5) is 5.69 Å². The van der Waals surface area contributed by atoms with Crippen LogP contribution >= 0.6 is 0 Å². The van der Waals surface area contributed by atoms with E-state index >= 15 is 0 Å². The molecule has 1 unspecified atom stereocenters. The standard InChI is InChI=1S/C17H21N3O2/c1-11(21)16-10-18-17-14(4-3-5-15(17)20-16)19-12-6-8-13(22-2)9-7-12/h6-9,16,18-19H,3-5,10H2,1-2H3. The molecule has 0 amide bonds. The lowest BCUT2D eigenvalue weighted by Gasteiger charge is -2.29. The molecule has 0 aromatic heterocycles. The van der Waals surface area contributed by atoms with Gasteiger partial charge in [-0.15, -0.1) is 0 Å². The maximum Gasteiger partial charge on any atom is 0.156 e. The van der Waals surface area contributed by atoms with Crippen LogP contribution in [0.5, 0.6) is 5.75 Å². The number of hydrogen-bond acceptors (Lipinski definition) is 5. The SMILES string of the molecule is COc1ccc(NC2=C3NCC(C(C)=O)N=C3CCC2)cc1. The molecule has 1 aliphatic carbocycles. The van der Waals surface area contributed by atoms with E-state index in [0.717, 1.165) is 47.8 Å². The van der Waals surface area contributed by atoms with Gasteiger partial charge in [0.05, 0.1) is 18.5 Å². The number of allylic oxidation sites excluding steroid dienone is 2. The van der Waals surface area contributed by atoms with Gasteiger partial charge in [-0.05, 0) is 50.5 Å². The maximum absolute atomic E-state index is 11.5. The summed E-state index contributed by atoms with van der Waals surface area (Å²) in [4.78, 5) is 16.1. The Hall–Kier alpha value is -2.30. The van der Waals surface area contributed by atoms with E-state index in [9.17, 15) is 4.79 Å². The summed E-state index contributed by atoms with van der Waals surface area (Å²) >= 11 is 0. The van der Waals surface area contributed by atoms with Gasteiger partial charge in [0.2, 0.25) is 0 Å². The largest absolute Gasteiger partial charge is 0.497 e. The third-order valence-electron chi connectivity index (χ3n) is 4.07. The highest BCUT2D eigenvalue weighted by atomic mass is 16.5. The zero-order chi connectivity index (χ0) is 15.5. The Kier molecular flexibility index (Phi) is 4.13. The number of carbonyl (C=O) groups is 1. The molecule has 5 nitrogen and oxygen atoms in total. The van der Waals surface area contributed by atoms with Gasteiger partial charge in [0, 0.05) is 17.9 Å². The molecule has 5 heteroatoms. The number of carbonyl (C=O) groups excluding carboxylic acids is 1. The Bertz CT molecular complexity index is 632. The number of ketones is 1. The first-order valence-electron chi connectivity index (χ1n) is 7.63. The summed E-state index contributed by atoms with van der Waals surface area (Å²) in [5.74, 6) is 0.962. The molecule has 22 heavy (non-hydrogen) atoms. The van der Waals surface area contributed by atoms with E-state index in [1.54, 1.807) is 14.0 Å². The smallest absolute Gasteiger partial charge is 0.156 e. The molecular formula is C17H21N3O2. The summed E-state index contributed by atoms with van der Waals surface area (Å²) in [5, 5.41) is 6.86. The van der Waals surface area contributed by atoms with E-state index in [1.165, 1.54) is 0 Å². The van der Waals surface area contributed by atoms with Crippen molar-refractivity contribution in [1.82, 2.24) is 5.32 Å². The van der Waals surface area contributed by atoms with Crippen LogP contribution in [0.2, 0.25) is 0 Å². The summed E-state index contributed by atoms with van der Waals surface area (Å²) in [6, 6.07) is 7.63. The Morgan fingerprint density at radius 1 is 1.32 bits per heavy atom. The number of benzene rings is 1. The topological polar surface area (TPSA) is 62.7 Å². The Morgan fingerprint density at radius 2 is 2.09 bits per heavy atom. The second-order valence-electron chi connectivity index (χ2n) is 5.64. The molecule has 1 heterocycles. The number of hydrogen-bond donors (Lipinski definition) is 2. The minimum atomic E-state index is -0.237. The fraction of sp³-hybridized carbons (Fsp3) is 0.412. The number of methoxy groups -OCH3 is 1. The predicted octanol–water partition coefficient (Wildman–Crippen LogP) is 2.50. The maximum atomic E-state index is 11.5. The van der Waals surface area contributed by atoms with Gasteiger partial charge < -0.3 is 15.4 Å². The third kappa shape index (κ3) is 2.98. The van der Waals surface area contributed by atoms with Crippen molar-refractivity contribution in [1.29, 1.82) is 0 Å². The fourth-order valence-electron chi connectivity index (χ4n) is 2.84. The summed E-state index contributed by atoms with van der Waals surface area (Å²) in [6.45, 7) is 2.19. The average Bonchev–Trinajstić information content (AvgIpc) is 2.55. The Balaban J connectivity index is 1.83. The van der Waals surface area contributed by atoms with Crippen molar-refractivity contribution in [3.05, 3.63) is 35.7 Å². The van der Waals surface area contributed by atoms with Crippen LogP contribution < -0.4 is 15.4 Å². The van der Waals surface area contributed by atoms with E-state index in [1.807, 2.05) is 24.3 Å². The molecular weight excluding hydrogens is 278 g/mol. The van der Waals surface area contributed by atoms with Crippen LogP contribution in [0.25, 0.3) is 0 Å². The van der Waals surface area contributed by atoms with Crippen molar-refractivity contribution < 1.29 is 9.53 Å². The van der Waals surface area contributed by atoms with Crippen molar-refractivity contribution in [2.45, 2.75) is 32.2 Å². The fourth-order valence-corrected chi connectivity index (χ4v) is 2.84. The minimum absolute atomic E-state index is 0.120. The first-order valence-corrected chi connectivity index (χ1v) is 7.63. The van der Waals surface area contributed by atoms with Crippen LogP contribution in [-0.2, 0) is 4.79 Å². The summed E-state index contributed by atoms with van der Waals surface area (Å²) in [6.07, 6.45) is 2.96. The number of ether oxygens (including phenoxy) is 1. The van der Waals surface area contributed by atoms with Gasteiger partial charge >= 0.3 is 0 Å². The van der Waals surface area contributed by atoms with E-state index in [2.05, 4.69) is 15.6 Å². The van der Waals surface area contributed by atoms with Crippen LogP contribution in [0.1, 0.15) is 26.2 Å². The number of fused-ring (bicyclic) bond motifs is 1. The molecule has 0 spiro atoms. The second-order valence-corrected chi connectivity index (χ2v) is 5.64. The van der Waals surface area contributed by atoms with Gasteiger partial charge in [-0.25, -0.2) is 0 Å². The lowest BCUT2D eigenvalue weighted by molar-refractivity contribution is -0.118. The zero-order valence-corrected chi connectivity index (χ0v) is 13.0. The van der Waals surface area contributed by atoms with Crippen LogP contribution in [0.15, 0.2) is 40.7 Å². The number of rotatable bonds is 4. The molecule has 1 aromatic rings. The highest BCUT2D eigenvalue weighted by molar-refractivity contribution is 6.04. The van der Waals surface area contributed by atoms with Crippen LogP contribution in [0, 0.1) is 0 Å². The molecule has 0 fully saturated rings. The van der Waals surface area contributed by atoms with Crippen molar-refractivity contribution in [2.75, 3.05) is 19.0 Å². The quantitative estimate of drug-likeness (QED) is 0.896. The molecule has 2 N–H and O–H groups in total. The number of Topliss-reactive ketones (excluding diaryl/α,β-unsaturated/α-hetero) is 1. The average molecular weight is 299 g/mol. The van der Waals surface area contributed by atoms with E-state index < -0.39 is 0 Å². The van der Waals surface area contributed by atoms with Crippen molar-refractivity contribution in [3.63, 3.8) is 0 Å². The predicted molar refractivity (Wildman–Crippen MR) is 87.4 cm³/mol. The molecule has 1 aliphatic heterocycles. The third-order valence-corrected chi connectivity index (χ3v) is 4.07. The second kappa shape index (κ2) is 6.22. The molecule has 116 valence electrons. The lowest BCUT2D eigenvalue weighted by atomic mass is 9.96. The number of nitrogens with one attached hydrogen (secondary N) is 2. The minimum Gasteiger partial charge on any atom is -0.497 e. The molecule has 1 atom stereocenters. The van der Waals surface area contributed by atoms with Crippen molar-refractivity contribution >= 4 is 17.2 Å². The number of nitrogens with zero attached hydrogens (tertiary/aromatic N) is 1. The van der Waals surface area contributed by atoms with E-state index in [0.29, 0.717) is 6.54 Å².